The second-order valence-corrected chi connectivity index (χ2v) is 4.64. The fraction of sp³-hybridized carbons (Fsp3) is 0.429. The van der Waals surface area contributed by atoms with Crippen molar-refractivity contribution < 1.29 is 10.0 Å². The van der Waals surface area contributed by atoms with Gasteiger partial charge in [0.25, 0.3) is 5.91 Å². The monoisotopic (exact) mass is 263 g/mol. The van der Waals surface area contributed by atoms with E-state index in [9.17, 15) is 4.79 Å². The second kappa shape index (κ2) is 6.78. The van der Waals surface area contributed by atoms with Gasteiger partial charge in [-0.25, -0.2) is 0 Å². The lowest BCUT2D eigenvalue weighted by Crippen LogP contribution is -2.39. The van der Waals surface area contributed by atoms with Crippen LogP contribution in [0.25, 0.3) is 0 Å². The maximum absolute atomic E-state index is 12.5. The molecule has 1 amide bonds. The van der Waals surface area contributed by atoms with Gasteiger partial charge in [0.2, 0.25) is 0 Å². The molecule has 1 aromatic rings. The highest BCUT2D eigenvalue weighted by Gasteiger charge is 2.18. The lowest BCUT2D eigenvalue weighted by molar-refractivity contribution is 0.0777. The molecule has 1 rings (SSSR count). The van der Waals surface area contributed by atoms with E-state index in [1.807, 2.05) is 39.0 Å². The van der Waals surface area contributed by atoms with E-state index in [1.165, 1.54) is 0 Å². The van der Waals surface area contributed by atoms with Gasteiger partial charge in [-0.3, -0.25) is 4.79 Å². The molecule has 3 N–H and O–H groups in total. The summed E-state index contributed by atoms with van der Waals surface area (Å²) >= 11 is 0. The highest BCUT2D eigenvalue weighted by atomic mass is 16.4. The zero-order valence-electron chi connectivity index (χ0n) is 11.7. The summed E-state index contributed by atoms with van der Waals surface area (Å²) in [5.41, 5.74) is 8.20. The number of nitrogens with two attached hydrogens (primary N) is 1. The molecule has 0 saturated heterocycles. The zero-order valence-corrected chi connectivity index (χ0v) is 11.7. The maximum Gasteiger partial charge on any atom is 0.254 e. The van der Waals surface area contributed by atoms with Gasteiger partial charge in [-0.15, -0.1) is 0 Å². The molecule has 0 spiro atoms. The van der Waals surface area contributed by atoms with Crippen molar-refractivity contribution in [1.29, 1.82) is 0 Å². The molecule has 5 nitrogen and oxygen atoms in total. The van der Waals surface area contributed by atoms with Crippen LogP contribution in [0.15, 0.2) is 23.4 Å². The summed E-state index contributed by atoms with van der Waals surface area (Å²) in [6.07, 6.45) is 0.815. The molecule has 19 heavy (non-hydrogen) atoms. The Morgan fingerprint density at radius 1 is 1.42 bits per heavy atom. The summed E-state index contributed by atoms with van der Waals surface area (Å²) in [5, 5.41) is 11.5. The molecule has 0 atom stereocenters. The Bertz CT molecular complexity index is 484. The van der Waals surface area contributed by atoms with E-state index in [0.29, 0.717) is 12.1 Å². The first-order valence-electron chi connectivity index (χ1n) is 6.32. The minimum absolute atomic E-state index is 0.0339. The molecular formula is C14H21N3O2. The Morgan fingerprint density at radius 2 is 2.11 bits per heavy atom. The average Bonchev–Trinajstić information content (AvgIpc) is 2.37. The van der Waals surface area contributed by atoms with Gasteiger partial charge in [-0.2, -0.15) is 0 Å². The largest absolute Gasteiger partial charge is 0.409 e. The van der Waals surface area contributed by atoms with Gasteiger partial charge in [-0.05, 0) is 31.9 Å². The predicted molar refractivity (Wildman–Crippen MR) is 75.5 cm³/mol. The molecule has 0 aliphatic rings. The quantitative estimate of drug-likeness (QED) is 0.368. The van der Waals surface area contributed by atoms with Crippen LogP contribution < -0.4 is 5.73 Å². The van der Waals surface area contributed by atoms with Gasteiger partial charge >= 0.3 is 0 Å². The summed E-state index contributed by atoms with van der Waals surface area (Å²) < 4.78 is 0. The Balaban J connectivity index is 2.98. The normalized spacial score (nSPS) is 11.4. The van der Waals surface area contributed by atoms with Crippen molar-refractivity contribution in [2.24, 2.45) is 10.9 Å². The van der Waals surface area contributed by atoms with Gasteiger partial charge in [0.05, 0.1) is 6.54 Å². The van der Waals surface area contributed by atoms with E-state index in [-0.39, 0.29) is 18.3 Å². The number of carbonyl (C=O) groups is 1. The lowest BCUT2D eigenvalue weighted by atomic mass is 10.0. The number of nitrogens with zero attached hydrogens (tertiary/aromatic N) is 2. The molecule has 0 heterocycles. The number of hydrogen-bond acceptors (Lipinski definition) is 3. The van der Waals surface area contributed by atoms with E-state index in [4.69, 9.17) is 10.9 Å². The Kier molecular flexibility index (Phi) is 5.36. The lowest BCUT2D eigenvalue weighted by Gasteiger charge is -2.22. The summed E-state index contributed by atoms with van der Waals surface area (Å²) in [6.45, 7) is 6.59. The highest BCUT2D eigenvalue weighted by molar-refractivity contribution is 5.98. The molecule has 1 aromatic carbocycles. The van der Waals surface area contributed by atoms with Crippen molar-refractivity contribution in [2.45, 2.75) is 27.2 Å². The number of aryl methyl sites for hydroxylation is 2. The zero-order chi connectivity index (χ0) is 14.4. The number of amidine groups is 1. The van der Waals surface area contributed by atoms with Crippen LogP contribution in [0.2, 0.25) is 0 Å². The van der Waals surface area contributed by atoms with Crippen LogP contribution in [-0.4, -0.2) is 34.9 Å². The highest BCUT2D eigenvalue weighted by Crippen LogP contribution is 2.13. The second-order valence-electron chi connectivity index (χ2n) is 4.64. The standard InChI is InChI=1S/C14H21N3O2/c1-4-7-17(9-13(15)16-19)14(18)12-6-5-10(2)8-11(12)3/h5-6,8,19H,4,7,9H2,1-3H3,(H2,15,16). The van der Waals surface area contributed by atoms with Gasteiger partial charge in [-0.1, -0.05) is 29.8 Å². The molecule has 0 radical (unpaired) electrons. The predicted octanol–water partition coefficient (Wildman–Crippen LogP) is 1.90. The topological polar surface area (TPSA) is 78.9 Å². The fourth-order valence-corrected chi connectivity index (χ4v) is 1.97. The molecule has 0 bridgehead atoms. The van der Waals surface area contributed by atoms with Crippen molar-refractivity contribution in [3.05, 3.63) is 34.9 Å². The molecule has 0 saturated carbocycles. The van der Waals surface area contributed by atoms with Crippen LogP contribution >= 0.6 is 0 Å². The molecule has 0 aromatic heterocycles. The van der Waals surface area contributed by atoms with Crippen molar-refractivity contribution in [3.8, 4) is 0 Å². The molecule has 0 fully saturated rings. The first kappa shape index (κ1) is 15.0. The number of carbonyl (C=O) groups excluding carboxylic acids is 1. The van der Waals surface area contributed by atoms with Crippen molar-refractivity contribution in [1.82, 2.24) is 4.90 Å². The Morgan fingerprint density at radius 3 is 2.63 bits per heavy atom. The fourth-order valence-electron chi connectivity index (χ4n) is 1.97. The van der Waals surface area contributed by atoms with Gasteiger partial charge < -0.3 is 15.8 Å². The Hall–Kier alpha value is -2.04. The van der Waals surface area contributed by atoms with Crippen molar-refractivity contribution >= 4 is 11.7 Å². The number of oxime groups is 1. The van der Waals surface area contributed by atoms with Crippen LogP contribution in [-0.2, 0) is 0 Å². The van der Waals surface area contributed by atoms with Crippen molar-refractivity contribution in [3.63, 3.8) is 0 Å². The van der Waals surface area contributed by atoms with Crippen LogP contribution in [0.5, 0.6) is 0 Å². The molecular weight excluding hydrogens is 242 g/mol. The van der Waals surface area contributed by atoms with Crippen LogP contribution in [0.1, 0.15) is 34.8 Å². The van der Waals surface area contributed by atoms with E-state index in [0.717, 1.165) is 17.5 Å². The molecule has 0 aliphatic heterocycles. The molecule has 104 valence electrons. The maximum atomic E-state index is 12.5. The molecule has 0 unspecified atom stereocenters. The first-order chi connectivity index (χ1) is 8.99. The van der Waals surface area contributed by atoms with E-state index >= 15 is 0 Å². The third-order valence-electron chi connectivity index (χ3n) is 2.87. The summed E-state index contributed by atoms with van der Waals surface area (Å²) in [4.78, 5) is 14.0. The summed E-state index contributed by atoms with van der Waals surface area (Å²) in [6, 6.07) is 5.70. The van der Waals surface area contributed by atoms with E-state index in [1.54, 1.807) is 4.90 Å². The average molecular weight is 263 g/mol. The minimum Gasteiger partial charge on any atom is -0.409 e. The third-order valence-corrected chi connectivity index (χ3v) is 2.87. The van der Waals surface area contributed by atoms with E-state index in [2.05, 4.69) is 5.16 Å². The molecule has 0 aliphatic carbocycles. The van der Waals surface area contributed by atoms with Gasteiger partial charge in [0, 0.05) is 12.1 Å². The van der Waals surface area contributed by atoms with Gasteiger partial charge in [0.1, 0.15) is 0 Å². The van der Waals surface area contributed by atoms with Crippen LogP contribution in [0.3, 0.4) is 0 Å². The SMILES string of the molecule is CCCN(CC(N)=NO)C(=O)c1ccc(C)cc1C. The molecule has 5 heteroatoms. The number of amides is 1. The Labute approximate surface area is 113 Å². The number of rotatable bonds is 5. The smallest absolute Gasteiger partial charge is 0.254 e. The van der Waals surface area contributed by atoms with E-state index < -0.39 is 0 Å². The van der Waals surface area contributed by atoms with Gasteiger partial charge in [0.15, 0.2) is 5.84 Å². The van der Waals surface area contributed by atoms with Crippen LogP contribution in [0.4, 0.5) is 0 Å². The summed E-state index contributed by atoms with van der Waals surface area (Å²) in [7, 11) is 0. The minimum atomic E-state index is -0.0917. The van der Waals surface area contributed by atoms with Crippen LogP contribution in [0, 0.1) is 13.8 Å². The summed E-state index contributed by atoms with van der Waals surface area (Å²) in [5.74, 6) is -0.0579. The first-order valence-corrected chi connectivity index (χ1v) is 6.32. The van der Waals surface area contributed by atoms with Crippen molar-refractivity contribution in [2.75, 3.05) is 13.1 Å². The number of hydrogen-bond donors (Lipinski definition) is 2. The third kappa shape index (κ3) is 3.98. The number of benzene rings is 1.